The second kappa shape index (κ2) is 5.38. The lowest BCUT2D eigenvalue weighted by atomic mass is 9.97. The van der Waals surface area contributed by atoms with E-state index in [1.807, 2.05) is 60.7 Å². The summed E-state index contributed by atoms with van der Waals surface area (Å²) in [6.45, 7) is 0. The number of nitrogens with zero attached hydrogens (tertiary/aromatic N) is 2. The van der Waals surface area contributed by atoms with Crippen molar-refractivity contribution in [2.24, 2.45) is 8.80 Å². The molecule has 0 aromatic heterocycles. The first-order valence-corrected chi connectivity index (χ1v) is 6.70. The Kier molecular flexibility index (Phi) is 3.44. The minimum absolute atomic E-state index is 0.652. The van der Waals surface area contributed by atoms with Gasteiger partial charge in [0.25, 0.3) is 0 Å². The SMILES string of the molecule is OC1C(c2ccccc2)=NSN=C1c1ccccc1. The molecule has 1 aliphatic heterocycles. The first-order chi connectivity index (χ1) is 9.36. The number of aliphatic hydroxyl groups excluding tert-OH is 1. The van der Waals surface area contributed by atoms with E-state index < -0.39 is 6.10 Å². The highest BCUT2D eigenvalue weighted by atomic mass is 32.2. The maximum Gasteiger partial charge on any atom is 0.140 e. The van der Waals surface area contributed by atoms with E-state index in [0.717, 1.165) is 23.3 Å². The van der Waals surface area contributed by atoms with Gasteiger partial charge < -0.3 is 5.11 Å². The number of benzene rings is 2. The molecule has 0 unspecified atom stereocenters. The highest BCUT2D eigenvalue weighted by Crippen LogP contribution is 2.22. The lowest BCUT2D eigenvalue weighted by Crippen LogP contribution is -2.32. The first kappa shape index (κ1) is 12.1. The summed E-state index contributed by atoms with van der Waals surface area (Å²) in [6, 6.07) is 19.4. The second-order valence-electron chi connectivity index (χ2n) is 4.17. The molecule has 0 amide bonds. The Morgan fingerprint density at radius 3 is 1.58 bits per heavy atom. The Bertz CT molecular complexity index is 568. The topological polar surface area (TPSA) is 45.0 Å². The van der Waals surface area contributed by atoms with Crippen LogP contribution in [0.15, 0.2) is 69.5 Å². The normalized spacial score (nSPS) is 15.8. The van der Waals surface area contributed by atoms with Gasteiger partial charge in [0.2, 0.25) is 0 Å². The van der Waals surface area contributed by atoms with E-state index in [2.05, 4.69) is 8.80 Å². The van der Waals surface area contributed by atoms with E-state index in [9.17, 15) is 5.11 Å². The van der Waals surface area contributed by atoms with Crippen LogP contribution in [-0.4, -0.2) is 22.6 Å². The summed E-state index contributed by atoms with van der Waals surface area (Å²) in [6.07, 6.45) is -0.786. The van der Waals surface area contributed by atoms with Crippen LogP contribution in [0.4, 0.5) is 0 Å². The fourth-order valence-corrected chi connectivity index (χ4v) is 2.60. The lowest BCUT2D eigenvalue weighted by molar-refractivity contribution is 0.307. The van der Waals surface area contributed by atoms with Crippen LogP contribution in [0.2, 0.25) is 0 Å². The molecule has 0 saturated carbocycles. The van der Waals surface area contributed by atoms with Crippen molar-refractivity contribution in [2.75, 3.05) is 0 Å². The van der Waals surface area contributed by atoms with Crippen molar-refractivity contribution in [3.8, 4) is 0 Å². The van der Waals surface area contributed by atoms with Gasteiger partial charge in [-0.2, -0.15) is 8.80 Å². The van der Waals surface area contributed by atoms with E-state index in [-0.39, 0.29) is 0 Å². The van der Waals surface area contributed by atoms with E-state index in [4.69, 9.17) is 0 Å². The summed E-state index contributed by atoms with van der Waals surface area (Å²) in [5, 5.41) is 10.5. The summed E-state index contributed by atoms with van der Waals surface area (Å²) < 4.78 is 8.50. The number of rotatable bonds is 2. The quantitative estimate of drug-likeness (QED) is 0.851. The van der Waals surface area contributed by atoms with Crippen molar-refractivity contribution < 1.29 is 5.11 Å². The summed E-state index contributed by atoms with van der Waals surface area (Å²) >= 11 is 1.12. The van der Waals surface area contributed by atoms with Crippen LogP contribution in [-0.2, 0) is 0 Å². The van der Waals surface area contributed by atoms with Gasteiger partial charge in [-0.3, -0.25) is 0 Å². The zero-order valence-corrected chi connectivity index (χ0v) is 10.9. The third kappa shape index (κ3) is 2.45. The first-order valence-electron chi connectivity index (χ1n) is 5.97. The number of aliphatic hydroxyl groups is 1. The molecule has 0 spiro atoms. The zero-order valence-electron chi connectivity index (χ0n) is 10.1. The average molecular weight is 268 g/mol. The van der Waals surface area contributed by atoms with Crippen molar-refractivity contribution in [3.63, 3.8) is 0 Å². The van der Waals surface area contributed by atoms with Gasteiger partial charge in [-0.25, -0.2) is 0 Å². The van der Waals surface area contributed by atoms with Crippen LogP contribution < -0.4 is 0 Å². The Morgan fingerprint density at radius 2 is 1.16 bits per heavy atom. The van der Waals surface area contributed by atoms with Crippen molar-refractivity contribution in [1.82, 2.24) is 0 Å². The predicted molar refractivity (Wildman–Crippen MR) is 79.6 cm³/mol. The maximum atomic E-state index is 10.5. The van der Waals surface area contributed by atoms with Crippen molar-refractivity contribution in [3.05, 3.63) is 71.8 Å². The monoisotopic (exact) mass is 268 g/mol. The lowest BCUT2D eigenvalue weighted by Gasteiger charge is -2.19. The van der Waals surface area contributed by atoms with Gasteiger partial charge in [0, 0.05) is 0 Å². The van der Waals surface area contributed by atoms with Crippen molar-refractivity contribution >= 4 is 23.6 Å². The minimum atomic E-state index is -0.786. The molecule has 19 heavy (non-hydrogen) atoms. The molecule has 2 aromatic rings. The van der Waals surface area contributed by atoms with Gasteiger partial charge in [-0.1, -0.05) is 60.7 Å². The standard InChI is InChI=1S/C15H12N2OS/c18-15-13(11-7-3-1-4-8-11)16-19-17-14(15)12-9-5-2-6-10-12/h1-10,15,18H. The fraction of sp³-hybridized carbons (Fsp3) is 0.0667. The number of hydrogen-bond acceptors (Lipinski definition) is 4. The molecule has 0 radical (unpaired) electrons. The minimum Gasteiger partial charge on any atom is -0.380 e. The molecule has 94 valence electrons. The Labute approximate surface area is 116 Å². The van der Waals surface area contributed by atoms with E-state index in [1.165, 1.54) is 0 Å². The third-order valence-corrected chi connectivity index (χ3v) is 3.49. The largest absolute Gasteiger partial charge is 0.380 e. The maximum absolute atomic E-state index is 10.5. The van der Waals surface area contributed by atoms with Crippen LogP contribution in [0.3, 0.4) is 0 Å². The molecule has 1 aliphatic rings. The molecule has 1 N–H and O–H groups in total. The summed E-state index contributed by atoms with van der Waals surface area (Å²) in [4.78, 5) is 0. The van der Waals surface area contributed by atoms with Crippen molar-refractivity contribution in [2.45, 2.75) is 6.10 Å². The second-order valence-corrected chi connectivity index (χ2v) is 4.70. The smallest absolute Gasteiger partial charge is 0.140 e. The molecular formula is C15H12N2OS. The molecule has 0 aliphatic carbocycles. The van der Waals surface area contributed by atoms with Gasteiger partial charge in [-0.15, -0.1) is 0 Å². The predicted octanol–water partition coefficient (Wildman–Crippen LogP) is 2.90. The Balaban J connectivity index is 1.94. The zero-order chi connectivity index (χ0) is 13.1. The molecule has 0 fully saturated rings. The molecule has 2 aromatic carbocycles. The van der Waals surface area contributed by atoms with E-state index in [0.29, 0.717) is 11.4 Å². The van der Waals surface area contributed by atoms with E-state index >= 15 is 0 Å². The van der Waals surface area contributed by atoms with Gasteiger partial charge in [0.1, 0.15) is 18.2 Å². The molecule has 0 atom stereocenters. The molecule has 3 nitrogen and oxygen atoms in total. The number of hydrogen-bond donors (Lipinski definition) is 1. The van der Waals surface area contributed by atoms with Gasteiger partial charge in [-0.05, 0) is 11.1 Å². The van der Waals surface area contributed by atoms with Crippen LogP contribution in [0.1, 0.15) is 11.1 Å². The van der Waals surface area contributed by atoms with Crippen LogP contribution in [0.25, 0.3) is 0 Å². The highest BCUT2D eigenvalue weighted by molar-refractivity contribution is 7.97. The van der Waals surface area contributed by atoms with Gasteiger partial charge in [0.15, 0.2) is 0 Å². The van der Waals surface area contributed by atoms with E-state index in [1.54, 1.807) is 0 Å². The van der Waals surface area contributed by atoms with Gasteiger partial charge >= 0.3 is 0 Å². The third-order valence-electron chi connectivity index (χ3n) is 2.94. The van der Waals surface area contributed by atoms with Crippen molar-refractivity contribution in [1.29, 1.82) is 0 Å². The molecule has 0 saturated heterocycles. The van der Waals surface area contributed by atoms with Crippen LogP contribution >= 0.6 is 12.1 Å². The Morgan fingerprint density at radius 1 is 0.737 bits per heavy atom. The van der Waals surface area contributed by atoms with Crippen LogP contribution in [0.5, 0.6) is 0 Å². The molecule has 4 heteroatoms. The fourth-order valence-electron chi connectivity index (χ4n) is 1.98. The summed E-state index contributed by atoms with van der Waals surface area (Å²) in [5.74, 6) is 0. The molecular weight excluding hydrogens is 256 g/mol. The van der Waals surface area contributed by atoms with Gasteiger partial charge in [0.05, 0.1) is 11.4 Å². The molecule has 3 rings (SSSR count). The summed E-state index contributed by atoms with van der Waals surface area (Å²) in [7, 11) is 0. The molecule has 0 bridgehead atoms. The average Bonchev–Trinajstić information content (AvgIpc) is 2.49. The summed E-state index contributed by atoms with van der Waals surface area (Å²) in [5.41, 5.74) is 3.15. The highest BCUT2D eigenvalue weighted by Gasteiger charge is 2.25. The van der Waals surface area contributed by atoms with Crippen LogP contribution in [0, 0.1) is 0 Å². The molecule has 1 heterocycles. The Hall–Kier alpha value is -1.91.